The summed E-state index contributed by atoms with van der Waals surface area (Å²) in [6, 6.07) is 3.89. The molecule has 0 fully saturated rings. The maximum atomic E-state index is 14.3. The van der Waals surface area contributed by atoms with Crippen LogP contribution in [0.2, 0.25) is 0 Å². The van der Waals surface area contributed by atoms with Crippen molar-refractivity contribution in [3.8, 4) is 0 Å². The van der Waals surface area contributed by atoms with E-state index in [2.05, 4.69) is 19.7 Å². The van der Waals surface area contributed by atoms with Crippen molar-refractivity contribution in [1.82, 2.24) is 24.2 Å². The van der Waals surface area contributed by atoms with Crippen molar-refractivity contribution >= 4 is 21.2 Å². The van der Waals surface area contributed by atoms with E-state index in [1.165, 1.54) is 0 Å². The minimum atomic E-state index is -3.50. The molecule has 0 aliphatic heterocycles. The molecule has 7 nitrogen and oxygen atoms in total. The fourth-order valence-corrected chi connectivity index (χ4v) is 5.17. The number of halogens is 2. The largest absolute Gasteiger partial charge is 0.311 e. The summed E-state index contributed by atoms with van der Waals surface area (Å²) in [7, 11) is -3.50. The number of nitrogens with one attached hydrogen (secondary N) is 1. The SMILES string of the molecule is CCNS(=O)(=O)CCn1c(Cc2cc3c(cc2C)CCC3F)nc2c(C)nc(F)nc21. The molecule has 1 unspecified atom stereocenters. The van der Waals surface area contributed by atoms with Crippen LogP contribution in [0.25, 0.3) is 11.2 Å². The predicted molar refractivity (Wildman–Crippen MR) is 114 cm³/mol. The lowest BCUT2D eigenvalue weighted by atomic mass is 9.98. The van der Waals surface area contributed by atoms with Gasteiger partial charge in [0, 0.05) is 19.5 Å². The summed E-state index contributed by atoms with van der Waals surface area (Å²) in [5, 5.41) is 0. The Morgan fingerprint density at radius 1 is 1.23 bits per heavy atom. The Bertz CT molecular complexity index is 1260. The van der Waals surface area contributed by atoms with Crippen LogP contribution in [-0.2, 0) is 29.4 Å². The average Bonchev–Trinajstić information content (AvgIpc) is 3.21. The van der Waals surface area contributed by atoms with E-state index in [0.717, 1.165) is 23.1 Å². The summed E-state index contributed by atoms with van der Waals surface area (Å²) in [6.07, 6.45) is -0.286. The molecular weight excluding hydrogens is 424 g/mol. The van der Waals surface area contributed by atoms with Crippen molar-refractivity contribution in [3.05, 3.63) is 52.0 Å². The first kappa shape index (κ1) is 21.8. The lowest BCUT2D eigenvalue weighted by Gasteiger charge is -2.13. The van der Waals surface area contributed by atoms with Gasteiger partial charge in [-0.3, -0.25) is 0 Å². The summed E-state index contributed by atoms with van der Waals surface area (Å²) in [5.41, 5.74) is 4.73. The van der Waals surface area contributed by atoms with Crippen molar-refractivity contribution in [2.45, 2.75) is 52.8 Å². The molecule has 0 spiro atoms. The summed E-state index contributed by atoms with van der Waals surface area (Å²) in [6.45, 7) is 5.66. The Labute approximate surface area is 180 Å². The van der Waals surface area contributed by atoms with E-state index in [0.29, 0.717) is 35.4 Å². The number of sulfonamides is 1. The van der Waals surface area contributed by atoms with E-state index in [1.807, 2.05) is 19.1 Å². The molecule has 1 aromatic carbocycles. The Hall–Kier alpha value is -2.46. The van der Waals surface area contributed by atoms with Crippen LogP contribution in [0, 0.1) is 19.9 Å². The summed E-state index contributed by atoms with van der Waals surface area (Å²) < 4.78 is 56.7. The van der Waals surface area contributed by atoms with E-state index < -0.39 is 22.3 Å². The number of benzene rings is 1. The quantitative estimate of drug-likeness (QED) is 0.560. The molecule has 31 heavy (non-hydrogen) atoms. The summed E-state index contributed by atoms with van der Waals surface area (Å²) in [4.78, 5) is 12.2. The lowest BCUT2D eigenvalue weighted by Crippen LogP contribution is -2.28. The van der Waals surface area contributed by atoms with Crippen LogP contribution in [0.3, 0.4) is 0 Å². The maximum absolute atomic E-state index is 14.3. The monoisotopic (exact) mass is 449 g/mol. The molecule has 1 aliphatic rings. The van der Waals surface area contributed by atoms with Gasteiger partial charge in [0.05, 0.1) is 11.4 Å². The zero-order valence-electron chi connectivity index (χ0n) is 17.7. The van der Waals surface area contributed by atoms with Crippen molar-refractivity contribution in [1.29, 1.82) is 0 Å². The highest BCUT2D eigenvalue weighted by Gasteiger charge is 2.24. The molecule has 2 heterocycles. The second kappa shape index (κ2) is 8.23. The third kappa shape index (κ3) is 4.31. The molecule has 0 saturated carbocycles. The lowest BCUT2D eigenvalue weighted by molar-refractivity contribution is 0.343. The standard InChI is InChI=1S/C21H25F2N5O2S/c1-4-24-31(29,30)8-7-28-18(26-19-13(3)25-21(23)27-20(19)28)11-15-10-16-14(9-12(15)2)5-6-17(16)22/h9-10,17,24H,4-8,11H2,1-3H3. The Balaban J connectivity index is 1.77. The van der Waals surface area contributed by atoms with Gasteiger partial charge in [0.1, 0.15) is 17.5 Å². The molecule has 0 bridgehead atoms. The van der Waals surface area contributed by atoms with Crippen LogP contribution in [-0.4, -0.2) is 40.2 Å². The van der Waals surface area contributed by atoms with Gasteiger partial charge in [0.2, 0.25) is 10.0 Å². The molecule has 10 heteroatoms. The molecule has 166 valence electrons. The highest BCUT2D eigenvalue weighted by molar-refractivity contribution is 7.89. The van der Waals surface area contributed by atoms with Crippen molar-refractivity contribution in [2.75, 3.05) is 12.3 Å². The molecule has 0 saturated heterocycles. The second-order valence-electron chi connectivity index (χ2n) is 7.91. The number of aromatic nitrogens is 4. The van der Waals surface area contributed by atoms with Crippen molar-refractivity contribution in [3.63, 3.8) is 0 Å². The molecule has 0 amide bonds. The number of aryl methyl sites for hydroxylation is 4. The first-order valence-electron chi connectivity index (χ1n) is 10.3. The number of rotatable bonds is 7. The molecule has 1 atom stereocenters. The van der Waals surface area contributed by atoms with Crippen LogP contribution in [0.1, 0.15) is 53.3 Å². The van der Waals surface area contributed by atoms with Gasteiger partial charge in [-0.15, -0.1) is 0 Å². The topological polar surface area (TPSA) is 89.8 Å². The van der Waals surface area contributed by atoms with Gasteiger partial charge in [-0.2, -0.15) is 9.37 Å². The Morgan fingerprint density at radius 3 is 2.74 bits per heavy atom. The molecule has 1 N–H and O–H groups in total. The molecular formula is C21H25F2N5O2S. The van der Waals surface area contributed by atoms with E-state index in [-0.39, 0.29) is 24.5 Å². The number of alkyl halides is 1. The highest BCUT2D eigenvalue weighted by atomic mass is 32.2. The van der Waals surface area contributed by atoms with E-state index in [1.54, 1.807) is 18.4 Å². The summed E-state index contributed by atoms with van der Waals surface area (Å²) >= 11 is 0. The smallest absolute Gasteiger partial charge is 0.310 e. The second-order valence-corrected chi connectivity index (χ2v) is 9.83. The number of nitrogens with zero attached hydrogens (tertiary/aromatic N) is 4. The molecule has 0 radical (unpaired) electrons. The van der Waals surface area contributed by atoms with E-state index in [4.69, 9.17) is 0 Å². The zero-order valence-corrected chi connectivity index (χ0v) is 18.6. The summed E-state index contributed by atoms with van der Waals surface area (Å²) in [5.74, 6) is 0.348. The van der Waals surface area contributed by atoms with Gasteiger partial charge < -0.3 is 4.57 Å². The van der Waals surface area contributed by atoms with Crippen LogP contribution in [0.15, 0.2) is 12.1 Å². The third-order valence-corrected chi connectivity index (χ3v) is 7.17. The number of hydrogen-bond donors (Lipinski definition) is 1. The number of fused-ring (bicyclic) bond motifs is 2. The van der Waals surface area contributed by atoms with Gasteiger partial charge in [-0.1, -0.05) is 19.1 Å². The normalized spacial score (nSPS) is 16.2. The van der Waals surface area contributed by atoms with Gasteiger partial charge >= 0.3 is 6.08 Å². The van der Waals surface area contributed by atoms with Gasteiger partial charge in [-0.05, 0) is 48.9 Å². The van der Waals surface area contributed by atoms with Crippen LogP contribution in [0.4, 0.5) is 8.78 Å². The molecule has 2 aromatic heterocycles. The van der Waals surface area contributed by atoms with Crippen LogP contribution in [0.5, 0.6) is 0 Å². The van der Waals surface area contributed by atoms with Gasteiger partial charge in [-0.25, -0.2) is 27.5 Å². The third-order valence-electron chi connectivity index (χ3n) is 5.72. The Morgan fingerprint density at radius 2 is 2.00 bits per heavy atom. The van der Waals surface area contributed by atoms with Gasteiger partial charge in [0.15, 0.2) is 5.65 Å². The van der Waals surface area contributed by atoms with Gasteiger partial charge in [0.25, 0.3) is 0 Å². The van der Waals surface area contributed by atoms with Crippen molar-refractivity contribution < 1.29 is 17.2 Å². The highest BCUT2D eigenvalue weighted by Crippen LogP contribution is 2.36. The number of imidazole rings is 1. The fourth-order valence-electron chi connectivity index (χ4n) is 4.16. The zero-order chi connectivity index (χ0) is 22.3. The fraction of sp³-hybridized carbons (Fsp3) is 0.476. The minimum absolute atomic E-state index is 0.0623. The molecule has 1 aliphatic carbocycles. The number of hydrogen-bond acceptors (Lipinski definition) is 5. The van der Waals surface area contributed by atoms with Crippen molar-refractivity contribution in [2.24, 2.45) is 0 Å². The Kier molecular flexibility index (Phi) is 5.78. The van der Waals surface area contributed by atoms with Crippen LogP contribution < -0.4 is 4.72 Å². The first-order chi connectivity index (χ1) is 14.7. The maximum Gasteiger partial charge on any atom is 0.310 e. The molecule has 4 rings (SSSR count). The predicted octanol–water partition coefficient (Wildman–Crippen LogP) is 3.07. The first-order valence-corrected chi connectivity index (χ1v) is 12.0. The average molecular weight is 450 g/mol. The van der Waals surface area contributed by atoms with E-state index in [9.17, 15) is 17.2 Å². The van der Waals surface area contributed by atoms with E-state index >= 15 is 0 Å². The van der Waals surface area contributed by atoms with Crippen LogP contribution >= 0.6 is 0 Å². The molecule has 3 aromatic rings. The minimum Gasteiger partial charge on any atom is -0.311 e.